The highest BCUT2D eigenvalue weighted by atomic mass is 28.4. The van der Waals surface area contributed by atoms with Crippen molar-refractivity contribution >= 4 is 18.6 Å². The van der Waals surface area contributed by atoms with Crippen molar-refractivity contribution in [2.75, 3.05) is 0 Å². The van der Waals surface area contributed by atoms with Gasteiger partial charge in [-0.25, -0.2) is 0 Å². The molecule has 0 unspecified atom stereocenters. The van der Waals surface area contributed by atoms with Crippen molar-refractivity contribution < 1.29 is 13.2 Å². The van der Waals surface area contributed by atoms with Gasteiger partial charge in [-0.3, -0.25) is 0 Å². The Balaban J connectivity index is 3.70. The molecule has 0 aromatic heterocycles. The number of alkyl halides is 3. The smallest absolute Gasteiger partial charge is 0.363 e. The van der Waals surface area contributed by atoms with Gasteiger partial charge in [0.2, 0.25) is 0 Å². The van der Waals surface area contributed by atoms with Crippen LogP contribution in [0.5, 0.6) is 0 Å². The molecule has 0 spiro atoms. The normalized spacial score (nSPS) is 13.6. The summed E-state index contributed by atoms with van der Waals surface area (Å²) < 4.78 is 37.9. The summed E-state index contributed by atoms with van der Waals surface area (Å²) in [5, 5.41) is 0. The molecule has 0 saturated carbocycles. The van der Waals surface area contributed by atoms with Crippen LogP contribution < -0.4 is 4.65 Å². The maximum absolute atomic E-state index is 11.7. The third kappa shape index (κ3) is 6.58. The molecular formula is C5H11F3NSi2. The van der Waals surface area contributed by atoms with Crippen LogP contribution in [0.25, 0.3) is 0 Å². The lowest BCUT2D eigenvalue weighted by Gasteiger charge is -2.21. The summed E-state index contributed by atoms with van der Waals surface area (Å²) in [7, 11) is 1.19. The molecule has 0 heterocycles. The van der Waals surface area contributed by atoms with E-state index in [9.17, 15) is 13.2 Å². The van der Waals surface area contributed by atoms with Crippen molar-refractivity contribution in [1.29, 1.82) is 0 Å². The van der Waals surface area contributed by atoms with E-state index < -0.39 is 20.8 Å². The van der Waals surface area contributed by atoms with Crippen LogP contribution in [0.15, 0.2) is 0 Å². The average Bonchev–Trinajstić information content (AvgIpc) is 1.83. The van der Waals surface area contributed by atoms with Gasteiger partial charge in [0, 0.05) is 6.42 Å². The van der Waals surface area contributed by atoms with Crippen molar-refractivity contribution in [3.8, 4) is 0 Å². The number of halogens is 3. The second-order valence-electron chi connectivity index (χ2n) is 3.12. The first kappa shape index (κ1) is 11.2. The highest BCUT2D eigenvalue weighted by Gasteiger charge is 2.31. The molecule has 3 radical (unpaired) electrons. The maximum Gasteiger partial charge on any atom is 0.388 e. The minimum absolute atomic E-state index is 0.208. The van der Waals surface area contributed by atoms with Crippen molar-refractivity contribution in [2.24, 2.45) is 0 Å². The molecule has 0 aliphatic heterocycles. The summed E-state index contributed by atoms with van der Waals surface area (Å²) in [5.41, 5.74) is 0. The molecular weight excluding hydrogens is 187 g/mol. The molecule has 6 heteroatoms. The van der Waals surface area contributed by atoms with Gasteiger partial charge in [-0.2, -0.15) is 13.2 Å². The number of hydrogen-bond donors (Lipinski definition) is 1. The third-order valence-electron chi connectivity index (χ3n) is 1.37. The molecule has 11 heavy (non-hydrogen) atoms. The number of rotatable bonds is 3. The summed E-state index contributed by atoms with van der Waals surface area (Å²) in [5.74, 6) is 0. The zero-order chi connectivity index (χ0) is 9.12. The lowest BCUT2D eigenvalue weighted by molar-refractivity contribution is -0.130. The predicted octanol–water partition coefficient (Wildman–Crippen LogP) is 1.82. The van der Waals surface area contributed by atoms with Gasteiger partial charge in [-0.05, 0) is 6.04 Å². The molecule has 0 saturated heterocycles. The first-order chi connectivity index (χ1) is 4.77. The molecule has 0 aromatic carbocycles. The fourth-order valence-corrected chi connectivity index (χ4v) is 1.93. The van der Waals surface area contributed by atoms with E-state index in [2.05, 4.69) is 15.1 Å². The minimum atomic E-state index is -4.02. The fraction of sp³-hybridized carbons (Fsp3) is 1.00. The Labute approximate surface area is 69.0 Å². The molecule has 0 aliphatic rings. The van der Waals surface area contributed by atoms with Crippen molar-refractivity contribution in [1.82, 2.24) is 4.65 Å². The average molecular weight is 198 g/mol. The van der Waals surface area contributed by atoms with Crippen LogP contribution in [0, 0.1) is 0 Å². The Kier molecular flexibility index (Phi) is 3.79. The molecule has 0 aliphatic carbocycles. The molecule has 0 amide bonds. The van der Waals surface area contributed by atoms with Crippen LogP contribution >= 0.6 is 0 Å². The standard InChI is InChI=1S/C5H11F3NSi2/c1-11(2,9-10)4-3-5(6,7)8/h9H,3-4H2,1-2H3. The van der Waals surface area contributed by atoms with E-state index >= 15 is 0 Å². The van der Waals surface area contributed by atoms with Crippen LogP contribution in [0.3, 0.4) is 0 Å². The van der Waals surface area contributed by atoms with Gasteiger partial charge < -0.3 is 4.65 Å². The lowest BCUT2D eigenvalue weighted by Crippen LogP contribution is -2.43. The largest absolute Gasteiger partial charge is 0.388 e. The van der Waals surface area contributed by atoms with Crippen LogP contribution in [-0.4, -0.2) is 24.8 Å². The Morgan fingerprint density at radius 3 is 2.09 bits per heavy atom. The summed E-state index contributed by atoms with van der Waals surface area (Å²) in [4.78, 5) is 0. The van der Waals surface area contributed by atoms with E-state index in [1.165, 1.54) is 0 Å². The highest BCUT2D eigenvalue weighted by Crippen LogP contribution is 2.24. The zero-order valence-electron chi connectivity index (χ0n) is 6.55. The first-order valence-corrected chi connectivity index (χ1v) is 6.98. The highest BCUT2D eigenvalue weighted by molar-refractivity contribution is 6.78. The van der Waals surface area contributed by atoms with Gasteiger partial charge in [0.25, 0.3) is 0 Å². The van der Waals surface area contributed by atoms with E-state index in [0.717, 1.165) is 0 Å². The van der Waals surface area contributed by atoms with E-state index in [0.29, 0.717) is 0 Å². The van der Waals surface area contributed by atoms with Gasteiger partial charge in [0.1, 0.15) is 18.6 Å². The molecule has 0 aromatic rings. The third-order valence-corrected chi connectivity index (χ3v) is 5.58. The Hall–Kier alpha value is 0.184. The molecule has 0 bridgehead atoms. The van der Waals surface area contributed by atoms with Gasteiger partial charge in [-0.15, -0.1) is 0 Å². The van der Waals surface area contributed by atoms with Gasteiger partial charge in [-0.1, -0.05) is 13.1 Å². The van der Waals surface area contributed by atoms with Crippen LogP contribution in [0.1, 0.15) is 6.42 Å². The molecule has 1 nitrogen and oxygen atoms in total. The van der Waals surface area contributed by atoms with Gasteiger partial charge >= 0.3 is 6.18 Å². The molecule has 0 rings (SSSR count). The van der Waals surface area contributed by atoms with Crippen molar-refractivity contribution in [2.45, 2.75) is 31.7 Å². The molecule has 65 valence electrons. The van der Waals surface area contributed by atoms with E-state index in [1.807, 2.05) is 13.1 Å². The van der Waals surface area contributed by atoms with Gasteiger partial charge in [0.15, 0.2) is 0 Å². The monoisotopic (exact) mass is 198 g/mol. The van der Waals surface area contributed by atoms with Crippen molar-refractivity contribution in [3.05, 3.63) is 0 Å². The summed E-state index contributed by atoms with van der Waals surface area (Å²) in [6.45, 7) is 3.68. The van der Waals surface area contributed by atoms with Crippen LogP contribution in [0.2, 0.25) is 19.1 Å². The zero-order valence-corrected chi connectivity index (χ0v) is 8.55. The van der Waals surface area contributed by atoms with E-state index in [1.54, 1.807) is 0 Å². The molecule has 0 fully saturated rings. The SMILES string of the molecule is C[Si](C)(CCC(F)(F)F)N[Si]. The second-order valence-corrected chi connectivity index (χ2v) is 8.39. The quantitative estimate of drug-likeness (QED) is 0.682. The minimum Gasteiger partial charge on any atom is -0.363 e. The maximum atomic E-state index is 11.7. The Morgan fingerprint density at radius 2 is 1.82 bits per heavy atom. The van der Waals surface area contributed by atoms with Crippen LogP contribution in [0.4, 0.5) is 13.2 Å². The Bertz CT molecular complexity index is 123. The lowest BCUT2D eigenvalue weighted by atomic mass is 10.5. The van der Waals surface area contributed by atoms with E-state index in [-0.39, 0.29) is 6.04 Å². The second kappa shape index (κ2) is 3.73. The summed E-state index contributed by atoms with van der Waals surface area (Å²) >= 11 is 0. The van der Waals surface area contributed by atoms with E-state index in [4.69, 9.17) is 0 Å². The van der Waals surface area contributed by atoms with Gasteiger partial charge in [0.05, 0.1) is 0 Å². The fourth-order valence-electron chi connectivity index (χ4n) is 0.517. The number of nitrogens with one attached hydrogen (secondary N) is 1. The Morgan fingerprint density at radius 1 is 1.36 bits per heavy atom. The summed E-state index contributed by atoms with van der Waals surface area (Å²) in [6.07, 6.45) is -4.71. The predicted molar refractivity (Wildman–Crippen MR) is 41.9 cm³/mol. The first-order valence-electron chi connectivity index (χ1n) is 3.27. The topological polar surface area (TPSA) is 12.0 Å². The number of hydrogen-bond acceptors (Lipinski definition) is 1. The molecule has 1 N–H and O–H groups in total. The molecule has 0 atom stereocenters. The summed E-state index contributed by atoms with van der Waals surface area (Å²) in [6, 6.07) is 0.208. The van der Waals surface area contributed by atoms with Crippen molar-refractivity contribution in [3.63, 3.8) is 0 Å². The van der Waals surface area contributed by atoms with Crippen LogP contribution in [-0.2, 0) is 0 Å².